The molecule has 0 saturated carbocycles. The largest absolute Gasteiger partial charge is 0.359 e. The molecule has 0 unspecified atom stereocenters. The molecule has 1 saturated heterocycles. The molecule has 3 heteroatoms. The van der Waals surface area contributed by atoms with Crippen molar-refractivity contribution >= 4 is 5.91 Å². The second-order valence-corrected chi connectivity index (χ2v) is 3.95. The van der Waals surface area contributed by atoms with Gasteiger partial charge in [-0.1, -0.05) is 6.92 Å². The number of nitrogens with one attached hydrogen (secondary N) is 1. The Kier molecular flexibility index (Phi) is 4.22. The SMILES string of the molecule is CNC(=O)CCN1CCC(C)CC1. The van der Waals surface area contributed by atoms with E-state index in [0.29, 0.717) is 6.42 Å². The maximum absolute atomic E-state index is 11.0. The Morgan fingerprint density at radius 1 is 1.46 bits per heavy atom. The Balaban J connectivity index is 2.12. The Morgan fingerprint density at radius 2 is 2.08 bits per heavy atom. The fraction of sp³-hybridized carbons (Fsp3) is 0.900. The minimum Gasteiger partial charge on any atom is -0.359 e. The minimum absolute atomic E-state index is 0.152. The number of likely N-dealkylation sites (tertiary alicyclic amines) is 1. The number of hydrogen-bond donors (Lipinski definition) is 1. The van der Waals surface area contributed by atoms with Crippen LogP contribution < -0.4 is 5.32 Å². The van der Waals surface area contributed by atoms with Crippen molar-refractivity contribution < 1.29 is 4.79 Å². The van der Waals surface area contributed by atoms with Gasteiger partial charge in [0.15, 0.2) is 0 Å². The van der Waals surface area contributed by atoms with Gasteiger partial charge in [-0.15, -0.1) is 0 Å². The Hall–Kier alpha value is -0.570. The topological polar surface area (TPSA) is 32.3 Å². The number of amides is 1. The molecule has 0 spiro atoms. The van der Waals surface area contributed by atoms with Gasteiger partial charge in [-0.05, 0) is 31.8 Å². The number of carbonyl (C=O) groups is 1. The van der Waals surface area contributed by atoms with Gasteiger partial charge in [0.05, 0.1) is 0 Å². The van der Waals surface area contributed by atoms with Crippen molar-refractivity contribution in [1.82, 2.24) is 10.2 Å². The predicted molar refractivity (Wildman–Crippen MR) is 53.5 cm³/mol. The highest BCUT2D eigenvalue weighted by Gasteiger charge is 2.15. The lowest BCUT2D eigenvalue weighted by Gasteiger charge is -2.29. The first-order valence-corrected chi connectivity index (χ1v) is 5.15. The van der Waals surface area contributed by atoms with Gasteiger partial charge in [-0.25, -0.2) is 0 Å². The van der Waals surface area contributed by atoms with E-state index >= 15 is 0 Å². The van der Waals surface area contributed by atoms with E-state index < -0.39 is 0 Å². The molecule has 1 amide bonds. The number of rotatable bonds is 3. The van der Waals surface area contributed by atoms with Gasteiger partial charge < -0.3 is 10.2 Å². The van der Waals surface area contributed by atoms with Crippen molar-refractivity contribution in [2.75, 3.05) is 26.7 Å². The zero-order chi connectivity index (χ0) is 9.68. The third-order valence-electron chi connectivity index (χ3n) is 2.81. The first-order valence-electron chi connectivity index (χ1n) is 5.15. The van der Waals surface area contributed by atoms with Gasteiger partial charge in [0, 0.05) is 20.0 Å². The van der Waals surface area contributed by atoms with Gasteiger partial charge in [0.25, 0.3) is 0 Å². The summed E-state index contributed by atoms with van der Waals surface area (Å²) in [6.45, 7) is 5.55. The molecular formula is C10H20N2O. The lowest BCUT2D eigenvalue weighted by Crippen LogP contribution is -2.35. The summed E-state index contributed by atoms with van der Waals surface area (Å²) in [5.74, 6) is 1.02. The second kappa shape index (κ2) is 5.22. The van der Waals surface area contributed by atoms with Crippen molar-refractivity contribution in [3.05, 3.63) is 0 Å². The van der Waals surface area contributed by atoms with Crippen LogP contribution >= 0.6 is 0 Å². The van der Waals surface area contributed by atoms with Crippen molar-refractivity contribution in [1.29, 1.82) is 0 Å². The van der Waals surface area contributed by atoms with Crippen molar-refractivity contribution in [2.24, 2.45) is 5.92 Å². The molecule has 1 heterocycles. The van der Waals surface area contributed by atoms with E-state index in [9.17, 15) is 4.79 Å². The minimum atomic E-state index is 0.152. The molecule has 76 valence electrons. The summed E-state index contributed by atoms with van der Waals surface area (Å²) in [6, 6.07) is 0. The maximum Gasteiger partial charge on any atom is 0.221 e. The van der Waals surface area contributed by atoms with E-state index in [2.05, 4.69) is 17.1 Å². The molecule has 0 bridgehead atoms. The molecule has 0 aromatic rings. The molecule has 3 nitrogen and oxygen atoms in total. The zero-order valence-electron chi connectivity index (χ0n) is 8.68. The summed E-state index contributed by atoms with van der Waals surface area (Å²) < 4.78 is 0. The summed E-state index contributed by atoms with van der Waals surface area (Å²) in [7, 11) is 1.70. The van der Waals surface area contributed by atoms with E-state index in [1.165, 1.54) is 12.8 Å². The molecule has 1 N–H and O–H groups in total. The summed E-state index contributed by atoms with van der Waals surface area (Å²) in [5.41, 5.74) is 0. The van der Waals surface area contributed by atoms with Crippen LogP contribution in [0.25, 0.3) is 0 Å². The first-order chi connectivity index (χ1) is 6.22. The van der Waals surface area contributed by atoms with Crippen LogP contribution in [0.3, 0.4) is 0 Å². The molecule has 1 aliphatic rings. The maximum atomic E-state index is 11.0. The molecule has 13 heavy (non-hydrogen) atoms. The van der Waals surface area contributed by atoms with E-state index in [-0.39, 0.29) is 5.91 Å². The molecule has 1 rings (SSSR count). The third kappa shape index (κ3) is 3.77. The molecule has 0 aliphatic carbocycles. The molecule has 0 atom stereocenters. The fourth-order valence-corrected chi connectivity index (χ4v) is 1.67. The molecule has 1 fully saturated rings. The number of nitrogens with zero attached hydrogens (tertiary/aromatic N) is 1. The first kappa shape index (κ1) is 10.5. The van der Waals surface area contributed by atoms with Crippen molar-refractivity contribution in [3.63, 3.8) is 0 Å². The summed E-state index contributed by atoms with van der Waals surface area (Å²) in [5, 5.41) is 2.65. The van der Waals surface area contributed by atoms with Crippen LogP contribution in [0.4, 0.5) is 0 Å². The van der Waals surface area contributed by atoms with Crippen molar-refractivity contribution in [2.45, 2.75) is 26.2 Å². The lowest BCUT2D eigenvalue weighted by atomic mass is 9.99. The standard InChI is InChI=1S/C10H20N2O/c1-9-3-6-12(7-4-9)8-5-10(13)11-2/h9H,3-8H2,1-2H3,(H,11,13). The van der Waals surface area contributed by atoms with E-state index in [0.717, 1.165) is 25.6 Å². The highest BCUT2D eigenvalue weighted by atomic mass is 16.1. The van der Waals surface area contributed by atoms with Crippen LogP contribution in [0, 0.1) is 5.92 Å². The molecule has 0 aromatic heterocycles. The van der Waals surface area contributed by atoms with Gasteiger partial charge >= 0.3 is 0 Å². The van der Waals surface area contributed by atoms with Gasteiger partial charge in [-0.2, -0.15) is 0 Å². The van der Waals surface area contributed by atoms with Gasteiger partial charge in [-0.3, -0.25) is 4.79 Å². The fourth-order valence-electron chi connectivity index (χ4n) is 1.67. The van der Waals surface area contributed by atoms with Crippen LogP contribution in [0.5, 0.6) is 0 Å². The summed E-state index contributed by atoms with van der Waals surface area (Å²) >= 11 is 0. The van der Waals surface area contributed by atoms with E-state index in [4.69, 9.17) is 0 Å². The monoisotopic (exact) mass is 184 g/mol. The molecule has 1 aliphatic heterocycles. The second-order valence-electron chi connectivity index (χ2n) is 3.95. The highest BCUT2D eigenvalue weighted by molar-refractivity contribution is 5.75. The quantitative estimate of drug-likeness (QED) is 0.705. The lowest BCUT2D eigenvalue weighted by molar-refractivity contribution is -0.121. The Labute approximate surface area is 80.5 Å². The number of hydrogen-bond acceptors (Lipinski definition) is 2. The summed E-state index contributed by atoms with van der Waals surface area (Å²) in [6.07, 6.45) is 3.21. The predicted octanol–water partition coefficient (Wildman–Crippen LogP) is 0.854. The Morgan fingerprint density at radius 3 is 2.62 bits per heavy atom. The van der Waals surface area contributed by atoms with Crippen LogP contribution in [0.2, 0.25) is 0 Å². The van der Waals surface area contributed by atoms with Gasteiger partial charge in [0.1, 0.15) is 0 Å². The average Bonchev–Trinajstić information content (AvgIpc) is 2.16. The number of piperidine rings is 1. The van der Waals surface area contributed by atoms with Gasteiger partial charge in [0.2, 0.25) is 5.91 Å². The Bertz CT molecular complexity index is 162. The smallest absolute Gasteiger partial charge is 0.221 e. The zero-order valence-corrected chi connectivity index (χ0v) is 8.68. The molecule has 0 radical (unpaired) electrons. The average molecular weight is 184 g/mol. The van der Waals surface area contributed by atoms with E-state index in [1.54, 1.807) is 7.05 Å². The summed E-state index contributed by atoms with van der Waals surface area (Å²) in [4.78, 5) is 13.4. The molecule has 0 aromatic carbocycles. The third-order valence-corrected chi connectivity index (χ3v) is 2.81. The van der Waals surface area contributed by atoms with Crippen LogP contribution in [-0.2, 0) is 4.79 Å². The van der Waals surface area contributed by atoms with Crippen LogP contribution in [0.15, 0.2) is 0 Å². The molecular weight excluding hydrogens is 164 g/mol. The van der Waals surface area contributed by atoms with Crippen LogP contribution in [-0.4, -0.2) is 37.5 Å². The normalized spacial score (nSPS) is 20.2. The number of carbonyl (C=O) groups excluding carboxylic acids is 1. The van der Waals surface area contributed by atoms with Crippen molar-refractivity contribution in [3.8, 4) is 0 Å². The highest BCUT2D eigenvalue weighted by Crippen LogP contribution is 2.15. The van der Waals surface area contributed by atoms with Crippen LogP contribution in [0.1, 0.15) is 26.2 Å². The van der Waals surface area contributed by atoms with E-state index in [1.807, 2.05) is 0 Å².